The second-order valence-electron chi connectivity index (χ2n) is 10.8. The molecule has 2 amide bonds. The van der Waals surface area contributed by atoms with Gasteiger partial charge in [0.15, 0.2) is 0 Å². The fourth-order valence-electron chi connectivity index (χ4n) is 5.21. The van der Waals surface area contributed by atoms with Crippen LogP contribution in [0.5, 0.6) is 0 Å². The van der Waals surface area contributed by atoms with Crippen molar-refractivity contribution >= 4 is 45.0 Å². The summed E-state index contributed by atoms with van der Waals surface area (Å²) in [6.45, 7) is 1.33. The van der Waals surface area contributed by atoms with Gasteiger partial charge < -0.3 is 10.2 Å². The standard InChI is InChI=1S/C32H37Cl2N3O4S/c1-23-16-18-26(19-17-23)42(40,41)36(2)22-31(38)37(21-27-28(33)14-9-15-29(27)34)30(20-24-10-5-3-6-11-24)32(39)35-25-12-7-4-8-13-25/h3,5-6,9-11,14-19,25,30H,4,7-8,12-13,20-22H2,1-2H3,(H,35,39). The topological polar surface area (TPSA) is 86.8 Å². The molecule has 0 spiro atoms. The number of halogens is 2. The lowest BCUT2D eigenvalue weighted by molar-refractivity contribution is -0.141. The first-order chi connectivity index (χ1) is 20.1. The Morgan fingerprint density at radius 1 is 0.905 bits per heavy atom. The SMILES string of the molecule is Cc1ccc(S(=O)(=O)N(C)CC(=O)N(Cc2c(Cl)cccc2Cl)C(Cc2ccccc2)C(=O)NC2CCCCC2)cc1. The summed E-state index contributed by atoms with van der Waals surface area (Å²) in [5.41, 5.74) is 2.27. The summed E-state index contributed by atoms with van der Waals surface area (Å²) in [7, 11) is -2.60. The van der Waals surface area contributed by atoms with Crippen LogP contribution in [0.2, 0.25) is 10.0 Å². The highest BCUT2D eigenvalue weighted by Crippen LogP contribution is 2.28. The average molecular weight is 631 g/mol. The minimum absolute atomic E-state index is 0.0231. The van der Waals surface area contributed by atoms with Crippen LogP contribution >= 0.6 is 23.2 Å². The van der Waals surface area contributed by atoms with Crippen LogP contribution in [0.25, 0.3) is 0 Å². The van der Waals surface area contributed by atoms with Gasteiger partial charge in [0, 0.05) is 41.7 Å². The monoisotopic (exact) mass is 629 g/mol. The van der Waals surface area contributed by atoms with Gasteiger partial charge in [0.05, 0.1) is 11.4 Å². The van der Waals surface area contributed by atoms with E-state index in [9.17, 15) is 18.0 Å². The number of sulfonamides is 1. The number of hydrogen-bond acceptors (Lipinski definition) is 4. The van der Waals surface area contributed by atoms with E-state index in [0.717, 1.165) is 47.5 Å². The quantitative estimate of drug-likeness (QED) is 0.281. The highest BCUT2D eigenvalue weighted by atomic mass is 35.5. The van der Waals surface area contributed by atoms with Crippen molar-refractivity contribution in [3.05, 3.63) is 99.5 Å². The molecular formula is C32H37Cl2N3O4S. The summed E-state index contributed by atoms with van der Waals surface area (Å²) in [6.07, 6.45) is 5.21. The summed E-state index contributed by atoms with van der Waals surface area (Å²) in [6, 6.07) is 20.1. The molecule has 1 N–H and O–H groups in total. The highest BCUT2D eigenvalue weighted by Gasteiger charge is 2.34. The van der Waals surface area contributed by atoms with E-state index in [-0.39, 0.29) is 29.8 Å². The number of amides is 2. The molecule has 0 aromatic heterocycles. The Kier molecular flexibility index (Phi) is 11.1. The zero-order valence-electron chi connectivity index (χ0n) is 23.9. The molecular weight excluding hydrogens is 593 g/mol. The van der Waals surface area contributed by atoms with E-state index in [1.54, 1.807) is 30.3 Å². The second kappa shape index (κ2) is 14.5. The van der Waals surface area contributed by atoms with Crippen molar-refractivity contribution in [1.29, 1.82) is 0 Å². The van der Waals surface area contributed by atoms with Gasteiger partial charge in [-0.2, -0.15) is 4.31 Å². The largest absolute Gasteiger partial charge is 0.352 e. The molecule has 0 bridgehead atoms. The Balaban J connectivity index is 1.69. The molecule has 7 nitrogen and oxygen atoms in total. The lowest BCUT2D eigenvalue weighted by atomic mass is 9.94. The number of aryl methyl sites for hydroxylation is 1. The molecule has 42 heavy (non-hydrogen) atoms. The van der Waals surface area contributed by atoms with Gasteiger partial charge in [-0.05, 0) is 49.6 Å². The van der Waals surface area contributed by atoms with Crippen molar-refractivity contribution in [3.63, 3.8) is 0 Å². The van der Waals surface area contributed by atoms with Gasteiger partial charge in [0.1, 0.15) is 6.04 Å². The molecule has 0 heterocycles. The van der Waals surface area contributed by atoms with E-state index in [1.165, 1.54) is 24.1 Å². The number of likely N-dealkylation sites (N-methyl/N-ethyl adjacent to an activating group) is 1. The zero-order chi connectivity index (χ0) is 30.3. The number of rotatable bonds is 11. The van der Waals surface area contributed by atoms with Crippen LogP contribution < -0.4 is 5.32 Å². The smallest absolute Gasteiger partial charge is 0.243 e. The lowest BCUT2D eigenvalue weighted by Crippen LogP contribution is -2.54. The van der Waals surface area contributed by atoms with Gasteiger partial charge in [-0.3, -0.25) is 9.59 Å². The van der Waals surface area contributed by atoms with Gasteiger partial charge in [0.25, 0.3) is 0 Å². The Morgan fingerprint density at radius 2 is 1.52 bits per heavy atom. The molecule has 4 rings (SSSR count). The van der Waals surface area contributed by atoms with Gasteiger partial charge in [-0.15, -0.1) is 0 Å². The van der Waals surface area contributed by atoms with Crippen LogP contribution in [0.15, 0.2) is 77.7 Å². The van der Waals surface area contributed by atoms with Crippen molar-refractivity contribution in [2.24, 2.45) is 0 Å². The molecule has 3 aromatic rings. The molecule has 1 aliphatic carbocycles. The van der Waals surface area contributed by atoms with E-state index in [2.05, 4.69) is 5.32 Å². The van der Waals surface area contributed by atoms with Crippen LogP contribution in [0.1, 0.15) is 48.8 Å². The van der Waals surface area contributed by atoms with Crippen LogP contribution in [-0.2, 0) is 32.6 Å². The van der Waals surface area contributed by atoms with Gasteiger partial charge in [-0.25, -0.2) is 8.42 Å². The molecule has 1 unspecified atom stereocenters. The summed E-state index contributed by atoms with van der Waals surface area (Å²) < 4.78 is 27.7. The minimum atomic E-state index is -3.97. The minimum Gasteiger partial charge on any atom is -0.352 e. The first-order valence-electron chi connectivity index (χ1n) is 14.2. The van der Waals surface area contributed by atoms with Crippen LogP contribution in [0.4, 0.5) is 0 Å². The number of carbonyl (C=O) groups excluding carboxylic acids is 2. The third-order valence-corrected chi connectivity index (χ3v) is 10.2. The van der Waals surface area contributed by atoms with Crippen LogP contribution in [0.3, 0.4) is 0 Å². The molecule has 1 saturated carbocycles. The Morgan fingerprint density at radius 3 is 2.14 bits per heavy atom. The third-order valence-electron chi connectivity index (χ3n) is 7.70. The molecule has 1 atom stereocenters. The number of benzene rings is 3. The lowest BCUT2D eigenvalue weighted by Gasteiger charge is -2.34. The Labute approximate surface area is 258 Å². The zero-order valence-corrected chi connectivity index (χ0v) is 26.3. The van der Waals surface area contributed by atoms with Gasteiger partial charge in [-0.1, -0.05) is 96.6 Å². The van der Waals surface area contributed by atoms with E-state index >= 15 is 0 Å². The molecule has 10 heteroatoms. The first kappa shape index (κ1) is 32.0. The van der Waals surface area contributed by atoms with Crippen molar-refractivity contribution in [3.8, 4) is 0 Å². The Hall–Kier alpha value is -2.91. The van der Waals surface area contributed by atoms with Crippen LogP contribution in [-0.4, -0.2) is 55.1 Å². The number of nitrogens with one attached hydrogen (secondary N) is 1. The molecule has 0 aliphatic heterocycles. The average Bonchev–Trinajstić information content (AvgIpc) is 2.97. The van der Waals surface area contributed by atoms with Gasteiger partial charge >= 0.3 is 0 Å². The summed E-state index contributed by atoms with van der Waals surface area (Å²) in [4.78, 5) is 29.5. The fraction of sp³-hybridized carbons (Fsp3) is 0.375. The summed E-state index contributed by atoms with van der Waals surface area (Å²) in [5.74, 6) is -0.824. The summed E-state index contributed by atoms with van der Waals surface area (Å²) >= 11 is 13.0. The first-order valence-corrected chi connectivity index (χ1v) is 16.4. The third kappa shape index (κ3) is 8.13. The van der Waals surface area contributed by atoms with Crippen LogP contribution in [0, 0.1) is 6.92 Å². The highest BCUT2D eigenvalue weighted by molar-refractivity contribution is 7.89. The van der Waals surface area contributed by atoms with Crippen molar-refractivity contribution in [2.75, 3.05) is 13.6 Å². The Bertz CT molecular complexity index is 1460. The normalized spacial score (nSPS) is 14.9. The number of nitrogens with zero attached hydrogens (tertiary/aromatic N) is 2. The maximum atomic E-state index is 14.1. The van der Waals surface area contributed by atoms with E-state index in [0.29, 0.717) is 15.6 Å². The van der Waals surface area contributed by atoms with E-state index in [4.69, 9.17) is 23.2 Å². The summed E-state index contributed by atoms with van der Waals surface area (Å²) in [5, 5.41) is 3.88. The van der Waals surface area contributed by atoms with Crippen molar-refractivity contribution < 1.29 is 18.0 Å². The molecule has 1 aliphatic rings. The number of carbonyl (C=O) groups is 2. The predicted molar refractivity (Wildman–Crippen MR) is 167 cm³/mol. The molecule has 3 aromatic carbocycles. The van der Waals surface area contributed by atoms with Crippen molar-refractivity contribution in [1.82, 2.24) is 14.5 Å². The molecule has 1 fully saturated rings. The maximum Gasteiger partial charge on any atom is 0.243 e. The molecule has 0 saturated heterocycles. The van der Waals surface area contributed by atoms with E-state index < -0.39 is 28.5 Å². The fourth-order valence-corrected chi connectivity index (χ4v) is 6.85. The van der Waals surface area contributed by atoms with Gasteiger partial charge in [0.2, 0.25) is 21.8 Å². The second-order valence-corrected chi connectivity index (χ2v) is 13.7. The predicted octanol–water partition coefficient (Wildman–Crippen LogP) is 6.01. The molecule has 224 valence electrons. The maximum absolute atomic E-state index is 14.1. The van der Waals surface area contributed by atoms with Crippen molar-refractivity contribution in [2.45, 2.75) is 69.0 Å². The molecule has 0 radical (unpaired) electrons. The van der Waals surface area contributed by atoms with E-state index in [1.807, 2.05) is 37.3 Å². The number of hydrogen-bond donors (Lipinski definition) is 1.